The summed E-state index contributed by atoms with van der Waals surface area (Å²) < 4.78 is 2.29. The van der Waals surface area contributed by atoms with E-state index in [0.717, 1.165) is 39.4 Å². The van der Waals surface area contributed by atoms with E-state index in [1.54, 1.807) is 0 Å². The Bertz CT molecular complexity index is 2410. The third kappa shape index (κ3) is 4.22. The van der Waals surface area contributed by atoms with Crippen LogP contribution in [0.4, 0.5) is 0 Å². The van der Waals surface area contributed by atoms with E-state index in [4.69, 9.17) is 4.98 Å². The van der Waals surface area contributed by atoms with Crippen molar-refractivity contribution in [3.8, 4) is 16.9 Å². The minimum atomic E-state index is -0.0419. The molecule has 45 heavy (non-hydrogen) atoms. The maximum absolute atomic E-state index is 5.21. The highest BCUT2D eigenvalue weighted by Crippen LogP contribution is 2.35. The van der Waals surface area contributed by atoms with Crippen LogP contribution in [0.3, 0.4) is 0 Å². The van der Waals surface area contributed by atoms with E-state index in [1.807, 2.05) is 12.4 Å². The molecule has 5 aromatic carbocycles. The lowest BCUT2D eigenvalue weighted by atomic mass is 9.95. The quantitative estimate of drug-likeness (QED) is 0.212. The number of nitrogens with one attached hydrogen (secondary N) is 1. The Morgan fingerprint density at radius 3 is 2.27 bits per heavy atom. The molecule has 1 aliphatic rings. The second kappa shape index (κ2) is 10.3. The summed E-state index contributed by atoms with van der Waals surface area (Å²) in [5, 5.41) is 11.1. The van der Waals surface area contributed by atoms with Gasteiger partial charge in [0.15, 0.2) is 0 Å². The molecule has 4 nitrogen and oxygen atoms in total. The van der Waals surface area contributed by atoms with E-state index in [-0.39, 0.29) is 6.04 Å². The van der Waals surface area contributed by atoms with E-state index in [0.29, 0.717) is 0 Å². The van der Waals surface area contributed by atoms with E-state index in [2.05, 4.69) is 160 Å². The molecular formula is C41H28N4. The van der Waals surface area contributed by atoms with Crippen molar-refractivity contribution in [3.63, 3.8) is 0 Å². The Morgan fingerprint density at radius 2 is 1.38 bits per heavy atom. The van der Waals surface area contributed by atoms with Gasteiger partial charge in [-0.15, -0.1) is 0 Å². The van der Waals surface area contributed by atoms with Crippen LogP contribution in [0.15, 0.2) is 158 Å². The van der Waals surface area contributed by atoms with Crippen LogP contribution in [0.1, 0.15) is 17.3 Å². The Kier molecular flexibility index (Phi) is 5.85. The Balaban J connectivity index is 1.04. The Hall–Kier alpha value is -6.00. The number of hydrogen-bond acceptors (Lipinski definition) is 3. The number of dihydropyridines is 1. The van der Waals surface area contributed by atoms with Gasteiger partial charge in [0.1, 0.15) is 0 Å². The monoisotopic (exact) mass is 576 g/mol. The van der Waals surface area contributed by atoms with Crippen LogP contribution in [-0.4, -0.2) is 14.5 Å². The topological polar surface area (TPSA) is 42.7 Å². The van der Waals surface area contributed by atoms with Crippen LogP contribution in [0.25, 0.3) is 66.0 Å². The third-order valence-corrected chi connectivity index (χ3v) is 8.92. The zero-order chi connectivity index (χ0) is 29.7. The van der Waals surface area contributed by atoms with Gasteiger partial charge in [0.2, 0.25) is 0 Å². The minimum Gasteiger partial charge on any atom is -0.373 e. The molecule has 1 atom stereocenters. The van der Waals surface area contributed by atoms with Crippen LogP contribution >= 0.6 is 0 Å². The number of nitrogens with zero attached hydrogens (tertiary/aromatic N) is 3. The average molecular weight is 577 g/mol. The van der Waals surface area contributed by atoms with Crippen LogP contribution in [-0.2, 0) is 0 Å². The van der Waals surface area contributed by atoms with Gasteiger partial charge in [0, 0.05) is 33.9 Å². The van der Waals surface area contributed by atoms with Crippen LogP contribution in [0.2, 0.25) is 0 Å². The Morgan fingerprint density at radius 1 is 0.622 bits per heavy atom. The molecule has 212 valence electrons. The number of hydrogen-bond donors (Lipinski definition) is 1. The van der Waals surface area contributed by atoms with Crippen molar-refractivity contribution >= 4 is 49.0 Å². The summed E-state index contributed by atoms with van der Waals surface area (Å²) in [5.74, 6) is 0. The van der Waals surface area contributed by atoms with E-state index in [1.165, 1.54) is 37.8 Å². The third-order valence-electron chi connectivity index (χ3n) is 8.92. The summed E-state index contributed by atoms with van der Waals surface area (Å²) >= 11 is 0. The lowest BCUT2D eigenvalue weighted by molar-refractivity contribution is 0.738. The molecule has 4 heterocycles. The molecule has 0 saturated carbocycles. The number of pyridine rings is 2. The first kappa shape index (κ1) is 25.5. The van der Waals surface area contributed by atoms with Gasteiger partial charge in [0.05, 0.1) is 34.7 Å². The first-order valence-electron chi connectivity index (χ1n) is 15.3. The molecule has 9 rings (SSSR count). The largest absolute Gasteiger partial charge is 0.373 e. The second-order valence-corrected chi connectivity index (χ2v) is 11.5. The number of rotatable bonds is 4. The molecule has 4 heteroatoms. The van der Waals surface area contributed by atoms with Crippen molar-refractivity contribution in [1.29, 1.82) is 0 Å². The lowest BCUT2D eigenvalue weighted by Gasteiger charge is -2.22. The first-order chi connectivity index (χ1) is 22.3. The standard InChI is InChI=1S/C41H28N4/c1-2-10-30-28(9-1)25-35(32-12-4-3-11-31(30)32)37-15-8-17-39(44-37)38-16-7-14-36(43-38)27-19-21-29(22-20-27)45-40-18-6-5-13-33(40)34-23-24-42-26-41(34)45/h1-26,38,43H. The van der Waals surface area contributed by atoms with Crippen molar-refractivity contribution in [1.82, 2.24) is 19.9 Å². The van der Waals surface area contributed by atoms with Gasteiger partial charge in [0.25, 0.3) is 0 Å². The lowest BCUT2D eigenvalue weighted by Crippen LogP contribution is -2.21. The van der Waals surface area contributed by atoms with Gasteiger partial charge >= 0.3 is 0 Å². The smallest absolute Gasteiger partial charge is 0.0873 e. The van der Waals surface area contributed by atoms with E-state index in [9.17, 15) is 0 Å². The number of allylic oxidation sites excluding steroid dienone is 2. The normalized spacial score (nSPS) is 14.7. The molecule has 0 radical (unpaired) electrons. The molecule has 3 aromatic heterocycles. The summed E-state index contributed by atoms with van der Waals surface area (Å²) in [5.41, 5.74) is 8.71. The van der Waals surface area contributed by atoms with E-state index < -0.39 is 0 Å². The summed E-state index contributed by atoms with van der Waals surface area (Å²) in [7, 11) is 0. The maximum Gasteiger partial charge on any atom is 0.0873 e. The molecule has 0 aliphatic carbocycles. The van der Waals surface area contributed by atoms with Gasteiger partial charge in [-0.3, -0.25) is 9.97 Å². The van der Waals surface area contributed by atoms with Gasteiger partial charge in [-0.1, -0.05) is 97.1 Å². The van der Waals surface area contributed by atoms with Gasteiger partial charge in [-0.25, -0.2) is 0 Å². The summed E-state index contributed by atoms with van der Waals surface area (Å²) in [4.78, 5) is 9.63. The zero-order valence-corrected chi connectivity index (χ0v) is 24.4. The molecule has 8 aromatic rings. The van der Waals surface area contributed by atoms with Crippen molar-refractivity contribution in [2.45, 2.75) is 6.04 Å². The molecular weight excluding hydrogens is 548 g/mol. The highest BCUT2D eigenvalue weighted by molar-refractivity contribution is 6.13. The fraction of sp³-hybridized carbons (Fsp3) is 0.0244. The van der Waals surface area contributed by atoms with Crippen LogP contribution in [0, 0.1) is 0 Å². The predicted octanol–water partition coefficient (Wildman–Crippen LogP) is 9.79. The molecule has 0 saturated heterocycles. The summed E-state index contributed by atoms with van der Waals surface area (Å²) in [6.07, 6.45) is 10.3. The van der Waals surface area contributed by atoms with Gasteiger partial charge in [-0.2, -0.15) is 0 Å². The molecule has 0 spiro atoms. The van der Waals surface area contributed by atoms with Crippen LogP contribution in [0.5, 0.6) is 0 Å². The van der Waals surface area contributed by atoms with E-state index >= 15 is 0 Å². The first-order valence-corrected chi connectivity index (χ1v) is 15.3. The summed E-state index contributed by atoms with van der Waals surface area (Å²) in [6, 6.07) is 45.2. The summed E-state index contributed by atoms with van der Waals surface area (Å²) in [6.45, 7) is 0. The fourth-order valence-electron chi connectivity index (χ4n) is 6.81. The van der Waals surface area contributed by atoms with Crippen LogP contribution < -0.4 is 5.32 Å². The van der Waals surface area contributed by atoms with Crippen molar-refractivity contribution in [2.75, 3.05) is 0 Å². The fourth-order valence-corrected chi connectivity index (χ4v) is 6.81. The van der Waals surface area contributed by atoms with Crippen molar-refractivity contribution in [3.05, 3.63) is 169 Å². The minimum absolute atomic E-state index is 0.0419. The maximum atomic E-state index is 5.21. The highest BCUT2D eigenvalue weighted by atomic mass is 15.0. The molecule has 1 N–H and O–H groups in total. The van der Waals surface area contributed by atoms with Gasteiger partial charge in [-0.05, 0) is 75.6 Å². The number of benzene rings is 5. The number of para-hydroxylation sites is 1. The molecule has 0 amide bonds. The average Bonchev–Trinajstić information content (AvgIpc) is 3.46. The SMILES string of the molecule is C1=CC(c2cccc(-c3cc4ccccc4c4ccccc34)n2)NC(c2ccc(-n3c4ccccc4c4ccncc43)cc2)=C1. The van der Waals surface area contributed by atoms with Crippen molar-refractivity contribution in [2.24, 2.45) is 0 Å². The number of aromatic nitrogens is 3. The Labute approximate surface area is 260 Å². The number of fused-ring (bicyclic) bond motifs is 6. The molecule has 1 aliphatic heterocycles. The molecule has 0 fully saturated rings. The highest BCUT2D eigenvalue weighted by Gasteiger charge is 2.18. The van der Waals surface area contributed by atoms with Crippen molar-refractivity contribution < 1.29 is 0 Å². The van der Waals surface area contributed by atoms with Gasteiger partial charge < -0.3 is 9.88 Å². The zero-order valence-electron chi connectivity index (χ0n) is 24.4. The molecule has 1 unspecified atom stereocenters. The predicted molar refractivity (Wildman–Crippen MR) is 186 cm³/mol. The molecule has 0 bridgehead atoms. The second-order valence-electron chi connectivity index (χ2n) is 11.5.